The molecule has 230 valence electrons. The molecule has 2 aliphatic rings. The number of aromatic amines is 1. The minimum Gasteiger partial charge on any atom is -0.495 e. The second kappa shape index (κ2) is 11.2. The Kier molecular flexibility index (Phi) is 7.60. The van der Waals surface area contributed by atoms with Gasteiger partial charge in [0.15, 0.2) is 22.1 Å². The Labute approximate surface area is 249 Å². The maximum absolute atomic E-state index is 13.8. The van der Waals surface area contributed by atoms with Crippen molar-refractivity contribution in [2.24, 2.45) is 0 Å². The van der Waals surface area contributed by atoms with Crippen LogP contribution in [0.3, 0.4) is 0 Å². The van der Waals surface area contributed by atoms with Crippen LogP contribution < -0.4 is 24.2 Å². The molecule has 43 heavy (non-hydrogen) atoms. The third-order valence-electron chi connectivity index (χ3n) is 8.20. The number of aromatic nitrogens is 3. The summed E-state index contributed by atoms with van der Waals surface area (Å²) in [6.45, 7) is 3.33. The highest BCUT2D eigenvalue weighted by Crippen LogP contribution is 2.44. The van der Waals surface area contributed by atoms with Crippen LogP contribution in [0, 0.1) is 0 Å². The van der Waals surface area contributed by atoms with Gasteiger partial charge < -0.3 is 29.2 Å². The summed E-state index contributed by atoms with van der Waals surface area (Å²) in [7, 11) is -0.0518. The Bertz CT molecular complexity index is 1720. The average Bonchev–Trinajstić information content (AvgIpc) is 3.65. The van der Waals surface area contributed by atoms with Crippen molar-refractivity contribution < 1.29 is 32.3 Å². The maximum atomic E-state index is 13.8. The summed E-state index contributed by atoms with van der Waals surface area (Å²) in [6.07, 6.45) is 4.61. The van der Waals surface area contributed by atoms with Crippen molar-refractivity contribution >= 4 is 38.3 Å². The molecule has 4 aromatic rings. The zero-order chi connectivity index (χ0) is 30.4. The predicted octanol–water partition coefficient (Wildman–Crippen LogP) is 4.65. The van der Waals surface area contributed by atoms with Gasteiger partial charge in [-0.05, 0) is 56.8 Å². The molecule has 4 N–H and O–H groups in total. The number of aliphatic hydroxyl groups is 1. The Morgan fingerprint density at radius 1 is 1.07 bits per heavy atom. The second-order valence-corrected chi connectivity index (χ2v) is 12.5. The fraction of sp³-hybridized carbons (Fsp3) is 0.448. The van der Waals surface area contributed by atoms with E-state index in [0.29, 0.717) is 52.7 Å². The predicted molar refractivity (Wildman–Crippen MR) is 160 cm³/mol. The van der Waals surface area contributed by atoms with Crippen LogP contribution in [-0.4, -0.2) is 68.2 Å². The molecule has 2 fully saturated rings. The van der Waals surface area contributed by atoms with Gasteiger partial charge in [0.05, 0.1) is 32.4 Å². The number of sulfonamides is 1. The van der Waals surface area contributed by atoms with E-state index in [1.807, 2.05) is 17.9 Å². The van der Waals surface area contributed by atoms with E-state index >= 15 is 0 Å². The second-order valence-electron chi connectivity index (χ2n) is 10.9. The summed E-state index contributed by atoms with van der Waals surface area (Å²) in [5, 5.41) is 26.6. The standard InChI is InChI=1S/C29H36N6O7S/c1-5-35-11-7-6-10-29(35,36)18-12-24(40-3)27(25(13-18)41-4)43(37,38)34-28-19-14-23(39-2)21(15-22(19)42-33-28)30-26-16-20(31-32-26)17-8-9-17/h12-17,36H,5-11H2,1-4H3,(H,33,34)(H2,30,31,32)/t29-/m0/s1. The minimum atomic E-state index is -4.31. The van der Waals surface area contributed by atoms with Gasteiger partial charge in [-0.2, -0.15) is 5.10 Å². The third-order valence-corrected chi connectivity index (χ3v) is 9.60. The van der Waals surface area contributed by atoms with Gasteiger partial charge in [0.1, 0.15) is 23.0 Å². The highest BCUT2D eigenvalue weighted by Gasteiger charge is 2.40. The first-order chi connectivity index (χ1) is 20.7. The van der Waals surface area contributed by atoms with Crippen LogP contribution in [0.4, 0.5) is 17.3 Å². The molecule has 0 unspecified atom stereocenters. The van der Waals surface area contributed by atoms with Crippen molar-refractivity contribution in [3.63, 3.8) is 0 Å². The molecule has 0 bridgehead atoms. The largest absolute Gasteiger partial charge is 0.495 e. The zero-order valence-corrected chi connectivity index (χ0v) is 25.4. The number of piperidine rings is 1. The van der Waals surface area contributed by atoms with E-state index in [1.54, 1.807) is 24.3 Å². The van der Waals surface area contributed by atoms with E-state index in [9.17, 15) is 13.5 Å². The fourth-order valence-corrected chi connectivity index (χ4v) is 7.08. The van der Waals surface area contributed by atoms with Gasteiger partial charge in [-0.15, -0.1) is 0 Å². The number of anilines is 3. The van der Waals surface area contributed by atoms with E-state index in [1.165, 1.54) is 21.3 Å². The number of hydrogen-bond acceptors (Lipinski definition) is 11. The molecule has 0 spiro atoms. The van der Waals surface area contributed by atoms with Gasteiger partial charge in [0.2, 0.25) is 0 Å². The molecular formula is C29H36N6O7S. The Morgan fingerprint density at radius 3 is 2.44 bits per heavy atom. The number of nitrogens with one attached hydrogen (secondary N) is 3. The Balaban J connectivity index is 1.33. The lowest BCUT2D eigenvalue weighted by molar-refractivity contribution is -0.137. The molecule has 1 saturated carbocycles. The quantitative estimate of drug-likeness (QED) is 0.186. The van der Waals surface area contributed by atoms with Gasteiger partial charge in [-0.3, -0.25) is 14.7 Å². The summed E-state index contributed by atoms with van der Waals surface area (Å²) in [5.74, 6) is 1.60. The number of ether oxygens (including phenoxy) is 3. The van der Waals surface area contributed by atoms with Crippen molar-refractivity contribution in [1.82, 2.24) is 20.3 Å². The smallest absolute Gasteiger partial charge is 0.270 e. The lowest BCUT2D eigenvalue weighted by Crippen LogP contribution is -2.49. The van der Waals surface area contributed by atoms with Crippen LogP contribution >= 0.6 is 0 Å². The normalized spacial score (nSPS) is 19.4. The summed E-state index contributed by atoms with van der Waals surface area (Å²) in [6, 6.07) is 8.37. The van der Waals surface area contributed by atoms with Gasteiger partial charge in [0.25, 0.3) is 10.0 Å². The third kappa shape index (κ3) is 5.34. The molecule has 1 aliphatic carbocycles. The molecular weight excluding hydrogens is 576 g/mol. The highest BCUT2D eigenvalue weighted by molar-refractivity contribution is 7.93. The fourth-order valence-electron chi connectivity index (χ4n) is 5.76. The van der Waals surface area contributed by atoms with E-state index in [2.05, 4.69) is 25.4 Å². The SMILES string of the molecule is CCN1CCCC[C@]1(O)c1cc(OC)c(S(=O)(=O)Nc2noc3cc(Nc4cc(C5CC5)[nH]n4)c(OC)cc23)c(OC)c1. The molecule has 1 atom stereocenters. The van der Waals surface area contributed by atoms with Gasteiger partial charge >= 0.3 is 0 Å². The molecule has 2 aromatic heterocycles. The summed E-state index contributed by atoms with van der Waals surface area (Å²) in [4.78, 5) is 1.74. The van der Waals surface area contributed by atoms with Crippen molar-refractivity contribution in [1.29, 1.82) is 0 Å². The number of likely N-dealkylation sites (tertiary alicyclic amines) is 1. The minimum absolute atomic E-state index is 0.0262. The highest BCUT2D eigenvalue weighted by atomic mass is 32.2. The van der Waals surface area contributed by atoms with Crippen molar-refractivity contribution in [2.75, 3.05) is 44.5 Å². The summed E-state index contributed by atoms with van der Waals surface area (Å²) >= 11 is 0. The molecule has 13 nitrogen and oxygen atoms in total. The van der Waals surface area contributed by atoms with Crippen LogP contribution in [0.25, 0.3) is 11.0 Å². The first-order valence-corrected chi connectivity index (χ1v) is 15.8. The number of hydrogen-bond donors (Lipinski definition) is 4. The number of benzene rings is 2. The molecule has 1 saturated heterocycles. The number of methoxy groups -OCH3 is 3. The van der Waals surface area contributed by atoms with Crippen LogP contribution in [-0.2, 0) is 15.7 Å². The molecule has 14 heteroatoms. The molecule has 1 aliphatic heterocycles. The van der Waals surface area contributed by atoms with E-state index < -0.39 is 15.7 Å². The van der Waals surface area contributed by atoms with Crippen molar-refractivity contribution in [3.8, 4) is 17.2 Å². The maximum Gasteiger partial charge on any atom is 0.270 e. The van der Waals surface area contributed by atoms with Crippen LogP contribution in [0.15, 0.2) is 39.8 Å². The zero-order valence-electron chi connectivity index (χ0n) is 24.6. The average molecular weight is 613 g/mol. The van der Waals surface area contributed by atoms with Crippen molar-refractivity contribution in [2.45, 2.75) is 55.6 Å². The molecule has 3 heterocycles. The van der Waals surface area contributed by atoms with E-state index in [0.717, 1.165) is 37.9 Å². The first-order valence-electron chi connectivity index (χ1n) is 14.3. The number of H-pyrrole nitrogens is 1. The summed E-state index contributed by atoms with van der Waals surface area (Å²) < 4.78 is 52.4. The molecule has 0 amide bonds. The van der Waals surface area contributed by atoms with Crippen LogP contribution in [0.2, 0.25) is 0 Å². The van der Waals surface area contributed by atoms with Crippen LogP contribution in [0.5, 0.6) is 17.2 Å². The van der Waals surface area contributed by atoms with E-state index in [4.69, 9.17) is 18.7 Å². The first kappa shape index (κ1) is 29.1. The molecule has 2 aromatic carbocycles. The Morgan fingerprint density at radius 2 is 1.79 bits per heavy atom. The summed E-state index contributed by atoms with van der Waals surface area (Å²) in [5.41, 5.74) is 1.21. The van der Waals surface area contributed by atoms with Gasteiger partial charge in [0, 0.05) is 35.9 Å². The molecule has 6 rings (SSSR count). The van der Waals surface area contributed by atoms with Gasteiger partial charge in [-0.25, -0.2) is 8.42 Å². The van der Waals surface area contributed by atoms with Crippen LogP contribution in [0.1, 0.15) is 56.2 Å². The number of nitrogens with zero attached hydrogens (tertiary/aromatic N) is 3. The number of rotatable bonds is 11. The van der Waals surface area contributed by atoms with Crippen molar-refractivity contribution in [3.05, 3.63) is 41.6 Å². The lowest BCUT2D eigenvalue weighted by Gasteiger charge is -2.43. The lowest BCUT2D eigenvalue weighted by atomic mass is 9.90. The molecule has 0 radical (unpaired) electrons. The monoisotopic (exact) mass is 612 g/mol. The Hall–Kier alpha value is -4.01. The van der Waals surface area contributed by atoms with Gasteiger partial charge in [-0.1, -0.05) is 12.1 Å². The number of fused-ring (bicyclic) bond motifs is 1. The van der Waals surface area contributed by atoms with E-state index in [-0.39, 0.29) is 22.2 Å². The topological polar surface area (TPSA) is 164 Å².